The highest BCUT2D eigenvalue weighted by Gasteiger charge is 2.33. The van der Waals surface area contributed by atoms with E-state index in [0.29, 0.717) is 24.5 Å². The van der Waals surface area contributed by atoms with Gasteiger partial charge in [-0.3, -0.25) is 9.78 Å². The van der Waals surface area contributed by atoms with Crippen molar-refractivity contribution in [3.05, 3.63) is 82.1 Å². The second-order valence-corrected chi connectivity index (χ2v) is 7.97. The first-order valence-electron chi connectivity index (χ1n) is 10.1. The van der Waals surface area contributed by atoms with E-state index in [9.17, 15) is 22.8 Å². The Balaban J connectivity index is 1.47. The van der Waals surface area contributed by atoms with Crippen LogP contribution >= 0.6 is 11.6 Å². The van der Waals surface area contributed by atoms with Crippen LogP contribution in [0.4, 0.5) is 23.7 Å². The highest BCUT2D eigenvalue weighted by atomic mass is 35.5. The van der Waals surface area contributed by atoms with Gasteiger partial charge in [0.15, 0.2) is 0 Å². The Hall–Kier alpha value is -3.79. The Labute approximate surface area is 197 Å². The van der Waals surface area contributed by atoms with Crippen molar-refractivity contribution in [1.82, 2.24) is 9.88 Å². The molecule has 2 heterocycles. The zero-order valence-electron chi connectivity index (χ0n) is 17.5. The molecule has 11 heteroatoms. The van der Waals surface area contributed by atoms with E-state index in [1.807, 2.05) is 6.07 Å². The molecule has 0 saturated carbocycles. The van der Waals surface area contributed by atoms with Crippen LogP contribution < -0.4 is 15.8 Å². The number of rotatable bonds is 4. The molecule has 1 aromatic heterocycles. The molecule has 3 N–H and O–H groups in total. The zero-order valence-corrected chi connectivity index (χ0v) is 18.3. The first-order chi connectivity index (χ1) is 16.1. The Kier molecular flexibility index (Phi) is 6.34. The molecule has 3 amide bonds. The second-order valence-electron chi connectivity index (χ2n) is 7.57. The maximum atomic E-state index is 13.1. The van der Waals surface area contributed by atoms with Gasteiger partial charge in [-0.25, -0.2) is 4.79 Å². The molecule has 0 unspecified atom stereocenters. The van der Waals surface area contributed by atoms with Crippen LogP contribution in [0.5, 0.6) is 11.5 Å². The molecular formula is C23H18ClF3N4O3. The lowest BCUT2D eigenvalue weighted by Gasteiger charge is -2.29. The standard InChI is InChI=1S/C23H18ClF3N4O3/c24-19-4-2-15(10-18(19)23(25,26)27)30-22(33)31-8-6-13-1-3-16(9-14(13)12-31)34-17-5-7-29-20(11-17)21(28)32/h1-5,7,9-11H,6,8,12H2,(H2,28,32)(H,30,33). The predicted octanol–water partition coefficient (Wildman–Crippen LogP) is 5.24. The number of carbonyl (C=O) groups is 2. The highest BCUT2D eigenvalue weighted by Crippen LogP contribution is 2.36. The monoisotopic (exact) mass is 490 g/mol. The third-order valence-electron chi connectivity index (χ3n) is 5.22. The van der Waals surface area contributed by atoms with Gasteiger partial charge in [0.1, 0.15) is 17.2 Å². The van der Waals surface area contributed by atoms with Crippen molar-refractivity contribution < 1.29 is 27.5 Å². The number of benzene rings is 2. The van der Waals surface area contributed by atoms with Crippen molar-refractivity contribution in [1.29, 1.82) is 0 Å². The van der Waals surface area contributed by atoms with Crippen LogP contribution in [-0.4, -0.2) is 28.4 Å². The summed E-state index contributed by atoms with van der Waals surface area (Å²) < 4.78 is 45.1. The number of hydrogen-bond acceptors (Lipinski definition) is 4. The van der Waals surface area contributed by atoms with Gasteiger partial charge in [-0.15, -0.1) is 0 Å². The lowest BCUT2D eigenvalue weighted by Crippen LogP contribution is -2.38. The number of pyridine rings is 1. The van der Waals surface area contributed by atoms with Gasteiger partial charge in [0.25, 0.3) is 5.91 Å². The fraction of sp³-hybridized carbons (Fsp3) is 0.174. The van der Waals surface area contributed by atoms with Crippen molar-refractivity contribution in [3.63, 3.8) is 0 Å². The fourth-order valence-electron chi connectivity index (χ4n) is 3.54. The summed E-state index contributed by atoms with van der Waals surface area (Å²) in [7, 11) is 0. The number of ether oxygens (including phenoxy) is 1. The molecule has 2 aromatic carbocycles. The number of nitrogens with zero attached hydrogens (tertiary/aromatic N) is 2. The minimum atomic E-state index is -4.63. The largest absolute Gasteiger partial charge is 0.457 e. The molecule has 7 nitrogen and oxygen atoms in total. The van der Waals surface area contributed by atoms with Crippen LogP contribution in [0.3, 0.4) is 0 Å². The number of alkyl halides is 3. The van der Waals surface area contributed by atoms with Gasteiger partial charge in [-0.2, -0.15) is 13.2 Å². The van der Waals surface area contributed by atoms with Gasteiger partial charge in [0.05, 0.1) is 10.6 Å². The van der Waals surface area contributed by atoms with E-state index in [1.165, 1.54) is 23.2 Å². The van der Waals surface area contributed by atoms with Crippen LogP contribution in [0.2, 0.25) is 5.02 Å². The van der Waals surface area contributed by atoms with Gasteiger partial charge >= 0.3 is 12.2 Å². The molecule has 1 aliphatic heterocycles. The van der Waals surface area contributed by atoms with Crippen molar-refractivity contribution in [3.8, 4) is 11.5 Å². The van der Waals surface area contributed by atoms with Crippen LogP contribution in [0.25, 0.3) is 0 Å². The molecule has 176 valence electrons. The molecule has 0 spiro atoms. The van der Waals surface area contributed by atoms with E-state index >= 15 is 0 Å². The van der Waals surface area contributed by atoms with Gasteiger partial charge in [-0.1, -0.05) is 17.7 Å². The number of nitrogens with one attached hydrogen (secondary N) is 1. The number of urea groups is 1. The summed E-state index contributed by atoms with van der Waals surface area (Å²) in [5.74, 6) is 0.174. The fourth-order valence-corrected chi connectivity index (χ4v) is 3.76. The van der Waals surface area contributed by atoms with Crippen molar-refractivity contribution in [2.45, 2.75) is 19.1 Å². The predicted molar refractivity (Wildman–Crippen MR) is 119 cm³/mol. The Bertz CT molecular complexity index is 1270. The number of amides is 3. The van der Waals surface area contributed by atoms with E-state index in [-0.39, 0.29) is 17.9 Å². The van der Waals surface area contributed by atoms with Crippen LogP contribution in [0, 0.1) is 0 Å². The smallest absolute Gasteiger partial charge is 0.417 e. The molecule has 0 bridgehead atoms. The molecule has 4 rings (SSSR count). The molecular weight excluding hydrogens is 473 g/mol. The average Bonchev–Trinajstić information content (AvgIpc) is 2.79. The molecule has 0 radical (unpaired) electrons. The Morgan fingerprint density at radius 3 is 2.56 bits per heavy atom. The number of hydrogen-bond donors (Lipinski definition) is 2. The third kappa shape index (κ3) is 5.23. The van der Waals surface area contributed by atoms with Gasteiger partial charge in [0.2, 0.25) is 0 Å². The van der Waals surface area contributed by atoms with Gasteiger partial charge in [-0.05, 0) is 53.9 Å². The number of fused-ring (bicyclic) bond motifs is 1. The average molecular weight is 491 g/mol. The van der Waals surface area contributed by atoms with E-state index in [4.69, 9.17) is 22.1 Å². The summed E-state index contributed by atoms with van der Waals surface area (Å²) in [6.45, 7) is 0.631. The summed E-state index contributed by atoms with van der Waals surface area (Å²) in [6.07, 6.45) is -2.66. The van der Waals surface area contributed by atoms with E-state index in [1.54, 1.807) is 18.2 Å². The highest BCUT2D eigenvalue weighted by molar-refractivity contribution is 6.31. The van der Waals surface area contributed by atoms with E-state index < -0.39 is 28.7 Å². The molecule has 0 atom stereocenters. The number of anilines is 1. The molecule has 0 fully saturated rings. The topological polar surface area (TPSA) is 97.6 Å². The number of nitrogens with two attached hydrogens (primary N) is 1. The van der Waals surface area contributed by atoms with E-state index in [2.05, 4.69) is 10.3 Å². The summed E-state index contributed by atoms with van der Waals surface area (Å²) in [5.41, 5.74) is 6.13. The van der Waals surface area contributed by atoms with Crippen LogP contribution in [0.1, 0.15) is 27.2 Å². The third-order valence-corrected chi connectivity index (χ3v) is 5.55. The van der Waals surface area contributed by atoms with Gasteiger partial charge in [0, 0.05) is 31.0 Å². The number of halogens is 4. The number of primary amides is 1. The van der Waals surface area contributed by atoms with Crippen molar-refractivity contribution in [2.75, 3.05) is 11.9 Å². The molecule has 0 saturated heterocycles. The maximum Gasteiger partial charge on any atom is 0.417 e. The van der Waals surface area contributed by atoms with Crippen molar-refractivity contribution >= 4 is 29.2 Å². The quantitative estimate of drug-likeness (QED) is 0.523. The summed E-state index contributed by atoms with van der Waals surface area (Å²) >= 11 is 5.64. The van der Waals surface area contributed by atoms with Gasteiger partial charge < -0.3 is 20.7 Å². The first kappa shape index (κ1) is 23.4. The van der Waals surface area contributed by atoms with Crippen molar-refractivity contribution in [2.24, 2.45) is 5.73 Å². The lowest BCUT2D eigenvalue weighted by atomic mass is 10.00. The first-order valence-corrected chi connectivity index (χ1v) is 10.5. The zero-order chi connectivity index (χ0) is 24.5. The van der Waals surface area contributed by atoms with E-state index in [0.717, 1.165) is 23.3 Å². The molecule has 34 heavy (non-hydrogen) atoms. The minimum Gasteiger partial charge on any atom is -0.457 e. The summed E-state index contributed by atoms with van der Waals surface area (Å²) in [4.78, 5) is 29.4. The number of carbonyl (C=O) groups excluding carboxylic acids is 2. The SMILES string of the molecule is NC(=O)c1cc(Oc2ccc3c(c2)CN(C(=O)Nc2ccc(Cl)c(C(F)(F)F)c2)CC3)ccn1. The second kappa shape index (κ2) is 9.22. The van der Waals surface area contributed by atoms with Crippen LogP contribution in [-0.2, 0) is 19.1 Å². The lowest BCUT2D eigenvalue weighted by molar-refractivity contribution is -0.137. The van der Waals surface area contributed by atoms with Crippen LogP contribution in [0.15, 0.2) is 54.7 Å². The normalized spacial score (nSPS) is 13.2. The molecule has 0 aliphatic carbocycles. The molecule has 1 aliphatic rings. The summed E-state index contributed by atoms with van der Waals surface area (Å²) in [6, 6.07) is 11.1. The number of aromatic nitrogens is 1. The summed E-state index contributed by atoms with van der Waals surface area (Å²) in [5, 5.41) is 2.06. The molecule has 3 aromatic rings. The Morgan fingerprint density at radius 1 is 1.06 bits per heavy atom. The maximum absolute atomic E-state index is 13.1. The minimum absolute atomic E-state index is 0.00690. The Morgan fingerprint density at radius 2 is 1.82 bits per heavy atom.